The lowest BCUT2D eigenvalue weighted by atomic mass is 10.0. The summed E-state index contributed by atoms with van der Waals surface area (Å²) in [7, 11) is 1.63. The highest BCUT2D eigenvalue weighted by Gasteiger charge is 2.16. The van der Waals surface area contributed by atoms with Crippen molar-refractivity contribution in [2.24, 2.45) is 11.7 Å². The number of methoxy groups -OCH3 is 1. The van der Waals surface area contributed by atoms with Gasteiger partial charge in [0.2, 0.25) is 5.91 Å². The second kappa shape index (κ2) is 6.79. The van der Waals surface area contributed by atoms with Crippen LogP contribution >= 0.6 is 0 Å². The van der Waals surface area contributed by atoms with Gasteiger partial charge < -0.3 is 15.8 Å². The Bertz CT molecular complexity index is 170. The first-order chi connectivity index (χ1) is 6.47. The number of hydrogen-bond donors (Lipinski definition) is 2. The Morgan fingerprint density at radius 1 is 1.43 bits per heavy atom. The second-order valence-corrected chi connectivity index (χ2v) is 4.05. The van der Waals surface area contributed by atoms with E-state index in [0.717, 1.165) is 0 Å². The van der Waals surface area contributed by atoms with Gasteiger partial charge in [0.25, 0.3) is 0 Å². The number of carbonyl (C=O) groups excluding carboxylic acids is 1. The maximum atomic E-state index is 11.4. The quantitative estimate of drug-likeness (QED) is 0.659. The van der Waals surface area contributed by atoms with Crippen LogP contribution in [0.4, 0.5) is 0 Å². The SMILES string of the molecule is COCC(NC(=O)CC(C)N)C(C)C. The highest BCUT2D eigenvalue weighted by atomic mass is 16.5. The van der Waals surface area contributed by atoms with Crippen molar-refractivity contribution in [2.45, 2.75) is 39.3 Å². The number of amides is 1. The fourth-order valence-corrected chi connectivity index (χ4v) is 1.14. The topological polar surface area (TPSA) is 64.3 Å². The summed E-state index contributed by atoms with van der Waals surface area (Å²) in [6, 6.07) is -0.0170. The molecule has 0 radical (unpaired) electrons. The van der Waals surface area contributed by atoms with Gasteiger partial charge in [0.1, 0.15) is 0 Å². The van der Waals surface area contributed by atoms with Gasteiger partial charge in [-0.25, -0.2) is 0 Å². The van der Waals surface area contributed by atoms with Crippen LogP contribution in [0, 0.1) is 5.92 Å². The zero-order chi connectivity index (χ0) is 11.1. The number of hydrogen-bond acceptors (Lipinski definition) is 3. The number of nitrogens with two attached hydrogens (primary N) is 1. The molecule has 0 aliphatic heterocycles. The number of carbonyl (C=O) groups is 1. The van der Waals surface area contributed by atoms with Crippen LogP contribution in [0.2, 0.25) is 0 Å². The van der Waals surface area contributed by atoms with E-state index in [9.17, 15) is 4.79 Å². The Kier molecular flexibility index (Phi) is 6.49. The van der Waals surface area contributed by atoms with E-state index in [4.69, 9.17) is 10.5 Å². The van der Waals surface area contributed by atoms with Crippen molar-refractivity contribution in [1.82, 2.24) is 5.32 Å². The fourth-order valence-electron chi connectivity index (χ4n) is 1.14. The molecule has 0 aliphatic rings. The molecule has 0 bridgehead atoms. The van der Waals surface area contributed by atoms with E-state index in [1.165, 1.54) is 0 Å². The fraction of sp³-hybridized carbons (Fsp3) is 0.900. The molecule has 2 unspecified atom stereocenters. The van der Waals surface area contributed by atoms with E-state index in [0.29, 0.717) is 18.9 Å². The smallest absolute Gasteiger partial charge is 0.221 e. The third kappa shape index (κ3) is 5.94. The molecule has 0 aromatic carbocycles. The zero-order valence-electron chi connectivity index (χ0n) is 9.54. The summed E-state index contributed by atoms with van der Waals surface area (Å²) in [5, 5.41) is 2.90. The van der Waals surface area contributed by atoms with Crippen LogP contribution in [0.1, 0.15) is 27.2 Å². The molecule has 4 nitrogen and oxygen atoms in total. The lowest BCUT2D eigenvalue weighted by molar-refractivity contribution is -0.122. The standard InChI is InChI=1S/C10H22N2O2/c1-7(2)9(6-14-4)12-10(13)5-8(3)11/h7-9H,5-6,11H2,1-4H3,(H,12,13). The van der Waals surface area contributed by atoms with Gasteiger partial charge in [-0.05, 0) is 12.8 Å². The van der Waals surface area contributed by atoms with Gasteiger partial charge >= 0.3 is 0 Å². The van der Waals surface area contributed by atoms with E-state index >= 15 is 0 Å². The largest absolute Gasteiger partial charge is 0.383 e. The van der Waals surface area contributed by atoms with E-state index in [2.05, 4.69) is 19.2 Å². The van der Waals surface area contributed by atoms with E-state index in [-0.39, 0.29) is 18.0 Å². The molecule has 0 heterocycles. The van der Waals surface area contributed by atoms with Crippen molar-refractivity contribution >= 4 is 5.91 Å². The van der Waals surface area contributed by atoms with Gasteiger partial charge in [0.15, 0.2) is 0 Å². The molecule has 1 amide bonds. The minimum absolute atomic E-state index is 0.00394. The second-order valence-electron chi connectivity index (χ2n) is 4.05. The Morgan fingerprint density at radius 2 is 2.00 bits per heavy atom. The molecule has 84 valence electrons. The lowest BCUT2D eigenvalue weighted by Crippen LogP contribution is -2.43. The molecule has 0 aliphatic carbocycles. The molecule has 0 spiro atoms. The molecule has 0 aromatic heterocycles. The summed E-state index contributed by atoms with van der Waals surface area (Å²) in [6.45, 7) is 6.47. The normalized spacial score (nSPS) is 15.3. The van der Waals surface area contributed by atoms with E-state index < -0.39 is 0 Å². The van der Waals surface area contributed by atoms with Crippen molar-refractivity contribution < 1.29 is 9.53 Å². The molecular formula is C10H22N2O2. The van der Waals surface area contributed by atoms with Gasteiger partial charge in [0, 0.05) is 19.6 Å². The highest BCUT2D eigenvalue weighted by molar-refractivity contribution is 5.76. The monoisotopic (exact) mass is 202 g/mol. The third-order valence-electron chi connectivity index (χ3n) is 2.00. The van der Waals surface area contributed by atoms with Crippen LogP contribution in [-0.4, -0.2) is 31.7 Å². The number of ether oxygens (including phenoxy) is 1. The predicted octanol–water partition coefficient (Wildman–Crippen LogP) is 0.511. The van der Waals surface area contributed by atoms with Crippen LogP contribution in [0.15, 0.2) is 0 Å². The highest BCUT2D eigenvalue weighted by Crippen LogP contribution is 2.02. The summed E-state index contributed by atoms with van der Waals surface area (Å²) in [5.41, 5.74) is 5.53. The molecule has 0 fully saturated rings. The van der Waals surface area contributed by atoms with Crippen LogP contribution in [0.3, 0.4) is 0 Å². The van der Waals surface area contributed by atoms with Crippen LogP contribution in [0.5, 0.6) is 0 Å². The summed E-state index contributed by atoms with van der Waals surface area (Å²) < 4.78 is 5.03. The molecular weight excluding hydrogens is 180 g/mol. The Hall–Kier alpha value is -0.610. The van der Waals surface area contributed by atoms with Crippen molar-refractivity contribution in [3.63, 3.8) is 0 Å². The van der Waals surface area contributed by atoms with Crippen LogP contribution < -0.4 is 11.1 Å². The Labute approximate surface area is 86.2 Å². The average Bonchev–Trinajstić information content (AvgIpc) is 2.01. The lowest BCUT2D eigenvalue weighted by Gasteiger charge is -2.21. The number of rotatable bonds is 6. The molecule has 2 atom stereocenters. The maximum absolute atomic E-state index is 11.4. The Balaban J connectivity index is 3.96. The van der Waals surface area contributed by atoms with E-state index in [1.54, 1.807) is 7.11 Å². The first-order valence-corrected chi connectivity index (χ1v) is 5.01. The van der Waals surface area contributed by atoms with Crippen molar-refractivity contribution in [3.05, 3.63) is 0 Å². The van der Waals surface area contributed by atoms with Crippen LogP contribution in [-0.2, 0) is 9.53 Å². The molecule has 0 saturated carbocycles. The third-order valence-corrected chi connectivity index (χ3v) is 2.00. The molecule has 0 rings (SSSR count). The molecule has 0 saturated heterocycles. The minimum atomic E-state index is -0.0923. The van der Waals surface area contributed by atoms with Gasteiger partial charge in [-0.2, -0.15) is 0 Å². The summed E-state index contributed by atoms with van der Waals surface area (Å²) in [4.78, 5) is 11.4. The van der Waals surface area contributed by atoms with Crippen molar-refractivity contribution in [3.8, 4) is 0 Å². The van der Waals surface area contributed by atoms with Crippen molar-refractivity contribution in [1.29, 1.82) is 0 Å². The van der Waals surface area contributed by atoms with Crippen molar-refractivity contribution in [2.75, 3.05) is 13.7 Å². The zero-order valence-corrected chi connectivity index (χ0v) is 9.54. The first-order valence-electron chi connectivity index (χ1n) is 5.01. The van der Waals surface area contributed by atoms with Gasteiger partial charge in [0.05, 0.1) is 12.6 Å². The molecule has 3 N–H and O–H groups in total. The van der Waals surface area contributed by atoms with Gasteiger partial charge in [-0.15, -0.1) is 0 Å². The van der Waals surface area contributed by atoms with E-state index in [1.807, 2.05) is 6.92 Å². The summed E-state index contributed by atoms with van der Waals surface area (Å²) >= 11 is 0. The Morgan fingerprint density at radius 3 is 2.36 bits per heavy atom. The molecule has 0 aromatic rings. The molecule has 14 heavy (non-hydrogen) atoms. The average molecular weight is 202 g/mol. The number of nitrogens with one attached hydrogen (secondary N) is 1. The molecule has 4 heteroatoms. The first kappa shape index (κ1) is 13.4. The predicted molar refractivity (Wildman–Crippen MR) is 56.9 cm³/mol. The van der Waals surface area contributed by atoms with Gasteiger partial charge in [-0.1, -0.05) is 13.8 Å². The van der Waals surface area contributed by atoms with Gasteiger partial charge in [-0.3, -0.25) is 4.79 Å². The van der Waals surface area contributed by atoms with Crippen LogP contribution in [0.25, 0.3) is 0 Å². The summed E-state index contributed by atoms with van der Waals surface area (Å²) in [6.07, 6.45) is 0.368. The maximum Gasteiger partial charge on any atom is 0.221 e. The summed E-state index contributed by atoms with van der Waals surface area (Å²) in [5.74, 6) is 0.364. The minimum Gasteiger partial charge on any atom is -0.383 e.